The van der Waals surface area contributed by atoms with Gasteiger partial charge in [0.05, 0.1) is 12.2 Å². The lowest BCUT2D eigenvalue weighted by Crippen LogP contribution is -2.33. The molecule has 2 N–H and O–H groups in total. The van der Waals surface area contributed by atoms with Crippen LogP contribution in [-0.2, 0) is 6.54 Å². The molecule has 1 aromatic carbocycles. The van der Waals surface area contributed by atoms with Crippen LogP contribution in [-0.4, -0.2) is 24.2 Å². The summed E-state index contributed by atoms with van der Waals surface area (Å²) in [4.78, 5) is 1.16. The molecule has 0 aliphatic rings. The van der Waals surface area contributed by atoms with Gasteiger partial charge in [-0.15, -0.1) is 0 Å². The largest absolute Gasteiger partial charge is 0.401 e. The van der Waals surface area contributed by atoms with E-state index in [1.165, 1.54) is 18.2 Å². The molecule has 0 unspecified atom stereocenters. The van der Waals surface area contributed by atoms with Gasteiger partial charge in [0.15, 0.2) is 0 Å². The van der Waals surface area contributed by atoms with E-state index in [1.54, 1.807) is 6.92 Å². The molecule has 0 bridgehead atoms. The average Bonchev–Trinajstić information content (AvgIpc) is 2.21. The normalized spacial score (nSPS) is 12.1. The third-order valence-corrected chi connectivity index (χ3v) is 2.39. The minimum Gasteiger partial charge on any atom is -0.396 e. The number of rotatable bonds is 4. The van der Waals surface area contributed by atoms with Crippen molar-refractivity contribution in [3.05, 3.63) is 29.6 Å². The minimum absolute atomic E-state index is 0.0143. The fourth-order valence-electron chi connectivity index (χ4n) is 1.49. The Morgan fingerprint density at radius 1 is 1.29 bits per heavy atom. The first-order chi connectivity index (χ1) is 7.83. The van der Waals surface area contributed by atoms with Crippen LogP contribution in [0.3, 0.4) is 0 Å². The highest BCUT2D eigenvalue weighted by Gasteiger charge is 2.30. The SMILES string of the molecule is CCN(Cc1cccc(F)c1N)CC(F)(F)F. The van der Waals surface area contributed by atoms with Crippen LogP contribution < -0.4 is 5.73 Å². The summed E-state index contributed by atoms with van der Waals surface area (Å²) in [5.74, 6) is -0.606. The number of anilines is 1. The predicted molar refractivity (Wildman–Crippen MR) is 57.8 cm³/mol. The number of alkyl halides is 3. The quantitative estimate of drug-likeness (QED) is 0.657. The highest BCUT2D eigenvalue weighted by Crippen LogP contribution is 2.21. The summed E-state index contributed by atoms with van der Waals surface area (Å²) in [6, 6.07) is 4.14. The Morgan fingerprint density at radius 3 is 2.47 bits per heavy atom. The van der Waals surface area contributed by atoms with Crippen LogP contribution in [0.15, 0.2) is 18.2 Å². The molecule has 0 saturated heterocycles. The van der Waals surface area contributed by atoms with Crippen LogP contribution in [0.25, 0.3) is 0 Å². The van der Waals surface area contributed by atoms with E-state index in [9.17, 15) is 17.6 Å². The fraction of sp³-hybridized carbons (Fsp3) is 0.455. The maximum absolute atomic E-state index is 13.1. The summed E-state index contributed by atoms with van der Waals surface area (Å²) < 4.78 is 49.8. The van der Waals surface area contributed by atoms with Crippen molar-refractivity contribution < 1.29 is 17.6 Å². The second-order valence-electron chi connectivity index (χ2n) is 3.73. The number of halogens is 4. The minimum atomic E-state index is -4.27. The van der Waals surface area contributed by atoms with Gasteiger partial charge in [0, 0.05) is 6.54 Å². The second kappa shape index (κ2) is 5.35. The Bertz CT molecular complexity index is 376. The number of benzene rings is 1. The first-order valence-corrected chi connectivity index (χ1v) is 5.15. The first kappa shape index (κ1) is 13.8. The van der Waals surface area contributed by atoms with Gasteiger partial charge in [0.2, 0.25) is 0 Å². The number of para-hydroxylation sites is 1. The predicted octanol–water partition coefficient (Wildman–Crippen LogP) is 2.79. The fourth-order valence-corrected chi connectivity index (χ4v) is 1.49. The lowest BCUT2D eigenvalue weighted by molar-refractivity contribution is -0.146. The Hall–Kier alpha value is -1.30. The Labute approximate surface area is 97.0 Å². The second-order valence-corrected chi connectivity index (χ2v) is 3.73. The van der Waals surface area contributed by atoms with Gasteiger partial charge >= 0.3 is 6.18 Å². The summed E-state index contributed by atoms with van der Waals surface area (Å²) in [5, 5.41) is 0. The zero-order chi connectivity index (χ0) is 13.1. The van der Waals surface area contributed by atoms with E-state index >= 15 is 0 Å². The van der Waals surface area contributed by atoms with Crippen molar-refractivity contribution >= 4 is 5.69 Å². The molecule has 6 heteroatoms. The van der Waals surface area contributed by atoms with E-state index in [0.29, 0.717) is 5.56 Å². The topological polar surface area (TPSA) is 29.3 Å². The molecular formula is C11H14F4N2. The van der Waals surface area contributed by atoms with Gasteiger partial charge in [0.25, 0.3) is 0 Å². The number of nitrogens with zero attached hydrogens (tertiary/aromatic N) is 1. The van der Waals surface area contributed by atoms with E-state index in [0.717, 1.165) is 4.90 Å². The molecule has 1 rings (SSSR count). The van der Waals surface area contributed by atoms with E-state index in [-0.39, 0.29) is 18.8 Å². The van der Waals surface area contributed by atoms with Gasteiger partial charge in [-0.1, -0.05) is 19.1 Å². The number of hydrogen-bond acceptors (Lipinski definition) is 2. The standard InChI is InChI=1S/C11H14F4N2/c1-2-17(7-11(13,14)15)6-8-4-3-5-9(12)10(8)16/h3-5H,2,6-7,16H2,1H3. The highest BCUT2D eigenvalue weighted by atomic mass is 19.4. The summed E-state index contributed by atoms with van der Waals surface area (Å²) in [7, 11) is 0. The van der Waals surface area contributed by atoms with Crippen LogP contribution in [0.5, 0.6) is 0 Å². The van der Waals surface area contributed by atoms with Crippen molar-refractivity contribution in [2.24, 2.45) is 0 Å². The van der Waals surface area contributed by atoms with Gasteiger partial charge in [-0.25, -0.2) is 4.39 Å². The lowest BCUT2D eigenvalue weighted by atomic mass is 10.1. The number of nitrogen functional groups attached to an aromatic ring is 1. The molecule has 0 aliphatic heterocycles. The maximum atomic E-state index is 13.1. The zero-order valence-electron chi connectivity index (χ0n) is 9.39. The van der Waals surface area contributed by atoms with Crippen LogP contribution in [0.4, 0.5) is 23.2 Å². The number of hydrogen-bond donors (Lipinski definition) is 1. The van der Waals surface area contributed by atoms with Crippen LogP contribution in [0, 0.1) is 5.82 Å². The molecule has 2 nitrogen and oxygen atoms in total. The van der Waals surface area contributed by atoms with Crippen molar-refractivity contribution in [3.8, 4) is 0 Å². The van der Waals surface area contributed by atoms with Crippen LogP contribution in [0.1, 0.15) is 12.5 Å². The third-order valence-electron chi connectivity index (χ3n) is 2.39. The molecule has 0 aromatic heterocycles. The Morgan fingerprint density at radius 2 is 1.94 bits per heavy atom. The average molecular weight is 250 g/mol. The van der Waals surface area contributed by atoms with Gasteiger partial charge in [-0.05, 0) is 18.2 Å². The zero-order valence-corrected chi connectivity index (χ0v) is 9.39. The van der Waals surface area contributed by atoms with E-state index < -0.39 is 18.5 Å². The molecular weight excluding hydrogens is 236 g/mol. The Balaban J connectivity index is 2.77. The monoisotopic (exact) mass is 250 g/mol. The van der Waals surface area contributed by atoms with E-state index in [4.69, 9.17) is 5.73 Å². The summed E-state index contributed by atoms with van der Waals surface area (Å²) >= 11 is 0. The molecule has 0 amide bonds. The molecule has 0 radical (unpaired) electrons. The molecule has 17 heavy (non-hydrogen) atoms. The lowest BCUT2D eigenvalue weighted by Gasteiger charge is -2.22. The molecule has 0 saturated carbocycles. The van der Waals surface area contributed by atoms with Gasteiger partial charge in [0.1, 0.15) is 5.82 Å². The smallest absolute Gasteiger partial charge is 0.396 e. The summed E-state index contributed by atoms with van der Waals surface area (Å²) in [6.07, 6.45) is -4.27. The van der Waals surface area contributed by atoms with Crippen LogP contribution >= 0.6 is 0 Å². The molecule has 1 aromatic rings. The van der Waals surface area contributed by atoms with Crippen molar-refractivity contribution in [1.29, 1.82) is 0 Å². The van der Waals surface area contributed by atoms with Crippen molar-refractivity contribution in [2.45, 2.75) is 19.6 Å². The van der Waals surface area contributed by atoms with Crippen LogP contribution in [0.2, 0.25) is 0 Å². The molecule has 0 fully saturated rings. The first-order valence-electron chi connectivity index (χ1n) is 5.15. The van der Waals surface area contributed by atoms with Gasteiger partial charge in [-0.3, -0.25) is 4.90 Å². The molecule has 0 heterocycles. The van der Waals surface area contributed by atoms with Crippen molar-refractivity contribution in [1.82, 2.24) is 4.90 Å². The summed E-state index contributed by atoms with van der Waals surface area (Å²) in [6.45, 7) is 0.787. The summed E-state index contributed by atoms with van der Waals surface area (Å²) in [5.41, 5.74) is 5.75. The van der Waals surface area contributed by atoms with Gasteiger partial charge in [-0.2, -0.15) is 13.2 Å². The van der Waals surface area contributed by atoms with E-state index in [1.807, 2.05) is 0 Å². The van der Waals surface area contributed by atoms with E-state index in [2.05, 4.69) is 0 Å². The maximum Gasteiger partial charge on any atom is 0.401 e. The van der Waals surface area contributed by atoms with Crippen molar-refractivity contribution in [2.75, 3.05) is 18.8 Å². The van der Waals surface area contributed by atoms with Crippen molar-refractivity contribution in [3.63, 3.8) is 0 Å². The van der Waals surface area contributed by atoms with Gasteiger partial charge < -0.3 is 5.73 Å². The molecule has 0 atom stereocenters. The Kier molecular flexibility index (Phi) is 4.34. The molecule has 96 valence electrons. The molecule has 0 spiro atoms. The number of nitrogens with two attached hydrogens (primary N) is 1. The molecule has 0 aliphatic carbocycles. The third kappa shape index (κ3) is 4.22. The highest BCUT2D eigenvalue weighted by molar-refractivity contribution is 5.47.